The Balaban J connectivity index is -0.0000000580. The van der Waals surface area contributed by atoms with Crippen molar-refractivity contribution in [1.29, 1.82) is 0 Å². The van der Waals surface area contributed by atoms with E-state index in [2.05, 4.69) is 0 Å². The molecular weight excluding hydrogens is 462 g/mol. The molecule has 0 unspecified atom stereocenters. The summed E-state index contributed by atoms with van der Waals surface area (Å²) in [6, 6.07) is 0. The van der Waals surface area contributed by atoms with Crippen molar-refractivity contribution < 1.29 is 44.0 Å². The Morgan fingerprint density at radius 2 is 0.407 bits per heavy atom. The van der Waals surface area contributed by atoms with Gasteiger partial charge in [0, 0.05) is 0 Å². The van der Waals surface area contributed by atoms with E-state index in [0.717, 1.165) is 0 Å². The Morgan fingerprint density at radius 3 is 0.407 bits per heavy atom. The third-order valence-corrected chi connectivity index (χ3v) is 11.0. The van der Waals surface area contributed by atoms with E-state index in [1.54, 1.807) is 0 Å². The molecule has 156 valence electrons. The van der Waals surface area contributed by atoms with Gasteiger partial charge in [0.1, 0.15) is 0 Å². The van der Waals surface area contributed by atoms with Gasteiger partial charge < -0.3 is 0 Å². The second-order valence-electron chi connectivity index (χ2n) is 5.56. The van der Waals surface area contributed by atoms with E-state index < -0.39 is 21.9 Å². The fraction of sp³-hybridized carbons (Fsp3) is 1.00. The predicted octanol–water partition coefficient (Wildman–Crippen LogP) is -5.93. The van der Waals surface area contributed by atoms with Gasteiger partial charge in [-0.3, -0.25) is 0 Å². The van der Waals surface area contributed by atoms with Crippen LogP contribution in [-0.2, 0) is 0 Å². The van der Waals surface area contributed by atoms with Gasteiger partial charge in [0.25, 0.3) is 0 Å². The van der Waals surface area contributed by atoms with Crippen LogP contribution >= 0.6 is 21.9 Å². The normalized spacial score (nSPS) is 15.4. The monoisotopic (exact) mass is 492 g/mol. The van der Waals surface area contributed by atoms with Gasteiger partial charge in [-0.25, -0.2) is 0 Å². The smallest absolute Gasteiger partial charge is 3.00 e. The Morgan fingerprint density at radius 1 is 0.333 bits per heavy atom. The molecule has 0 radical (unpaired) electrons. The Hall–Kier alpha value is 2.53. The first-order valence-electron chi connectivity index (χ1n) is 7.78. The Bertz CT molecular complexity index is 296. The van der Waals surface area contributed by atoms with Crippen LogP contribution in [0.1, 0.15) is 41.5 Å². The molecule has 0 aliphatic rings. The van der Waals surface area contributed by atoms with Crippen LogP contribution in [0.2, 0.25) is 0 Å². The maximum absolute atomic E-state index is 10.4. The van der Waals surface area contributed by atoms with Crippen LogP contribution in [0.25, 0.3) is 0 Å². The van der Waals surface area contributed by atoms with Crippen molar-refractivity contribution in [1.82, 2.24) is 0 Å². The first-order valence-corrected chi connectivity index (χ1v) is 14.9. The summed E-state index contributed by atoms with van der Waals surface area (Å²) >= 11 is 0. The molecule has 0 atom stereocenters. The van der Waals surface area contributed by atoms with Crippen LogP contribution in [0.15, 0.2) is 0 Å². The molecular formula is C12H30Al3O9P3. The van der Waals surface area contributed by atoms with E-state index in [0.29, 0.717) is 0 Å². The minimum Gasteiger partial charge on any atom is 3.00 e. The fourth-order valence-corrected chi connectivity index (χ4v) is 2.01. The molecule has 0 aromatic heterocycles. The van der Waals surface area contributed by atoms with Gasteiger partial charge in [-0.05, 0) is 0 Å². The molecule has 0 saturated heterocycles. The van der Waals surface area contributed by atoms with Crippen molar-refractivity contribution >= 4 is 73.9 Å². The van der Waals surface area contributed by atoms with E-state index >= 15 is 0 Å². The maximum atomic E-state index is 10.4. The summed E-state index contributed by atoms with van der Waals surface area (Å²) in [7, 11) is -14.6. The first-order chi connectivity index (χ1) is 10.2. The molecule has 0 bridgehead atoms. The molecule has 0 saturated carbocycles. The maximum Gasteiger partial charge on any atom is 3.00 e. The largest absolute Gasteiger partial charge is 3.00 e. The number of hydrogen-bond acceptors (Lipinski definition) is 9. The summed E-state index contributed by atoms with van der Waals surface area (Å²) in [5, 5.41) is 0. The molecule has 0 aliphatic carbocycles. The van der Waals surface area contributed by atoms with Crippen LogP contribution in [0.4, 0.5) is 0 Å². The van der Waals surface area contributed by atoms with Gasteiger partial charge in [0.2, 0.25) is 0 Å². The van der Waals surface area contributed by atoms with Crippen molar-refractivity contribution in [2.45, 2.75) is 41.5 Å². The molecule has 27 heavy (non-hydrogen) atoms. The zero-order chi connectivity index (χ0) is 20.6. The van der Waals surface area contributed by atoms with Gasteiger partial charge in [0.05, 0.1) is 0 Å². The molecule has 0 aromatic rings. The standard InChI is InChI=1S/3C4H10O3P.3Al/c3*1-3-8(5,6,7)4-2;;;/h3*3-4H2,1-2H3;;;/q3*-3;3*+3. The van der Waals surface area contributed by atoms with Crippen molar-refractivity contribution in [2.24, 2.45) is 0 Å². The summed E-state index contributed by atoms with van der Waals surface area (Å²) in [4.78, 5) is 93.9. The number of hydrogen-bond donors (Lipinski definition) is 0. The van der Waals surface area contributed by atoms with Gasteiger partial charge >= 0.3 is 196 Å². The minimum atomic E-state index is -4.85. The summed E-state index contributed by atoms with van der Waals surface area (Å²) in [5.74, 6) is 0. The summed E-state index contributed by atoms with van der Waals surface area (Å²) < 4.78 is 0. The Labute approximate surface area is 195 Å². The fourth-order valence-electron chi connectivity index (χ4n) is 0.671. The van der Waals surface area contributed by atoms with E-state index in [-0.39, 0.29) is 89.1 Å². The van der Waals surface area contributed by atoms with E-state index in [4.69, 9.17) is 0 Å². The van der Waals surface area contributed by atoms with Gasteiger partial charge in [-0.15, -0.1) is 0 Å². The third kappa shape index (κ3) is 28.5. The second kappa shape index (κ2) is 14.6. The zero-order valence-electron chi connectivity index (χ0n) is 17.0. The minimum absolute atomic E-state index is 0. The SMILES string of the molecule is CCP([O-])([O-])([O-])CC.CCP([O-])([O-])([O-])CC.CCP([O-])([O-])([O-])CC.[Al+3].[Al+3].[Al+3]. The third-order valence-electron chi connectivity index (χ3n) is 3.67. The number of rotatable bonds is 6. The Kier molecular flexibility index (Phi) is 23.4. The van der Waals surface area contributed by atoms with Crippen LogP contribution in [-0.4, -0.2) is 89.1 Å². The van der Waals surface area contributed by atoms with Crippen molar-refractivity contribution in [3.05, 3.63) is 0 Å². The second-order valence-corrected chi connectivity index (χ2v) is 16.7. The van der Waals surface area contributed by atoms with E-state index in [9.17, 15) is 44.0 Å². The quantitative estimate of drug-likeness (QED) is 0.255. The van der Waals surface area contributed by atoms with Crippen LogP contribution < -0.4 is 44.0 Å². The zero-order valence-corrected chi connectivity index (χ0v) is 23.1. The molecule has 0 fully saturated rings. The van der Waals surface area contributed by atoms with Crippen molar-refractivity contribution in [2.75, 3.05) is 37.0 Å². The van der Waals surface area contributed by atoms with Gasteiger partial charge in [-0.1, -0.05) is 0 Å². The average Bonchev–Trinajstić information content (AvgIpc) is 2.48. The van der Waals surface area contributed by atoms with E-state index in [1.165, 1.54) is 41.5 Å². The summed E-state index contributed by atoms with van der Waals surface area (Å²) in [6.07, 6.45) is -1.65. The summed E-state index contributed by atoms with van der Waals surface area (Å²) in [5.41, 5.74) is 0. The molecule has 15 heteroatoms. The van der Waals surface area contributed by atoms with Crippen LogP contribution in [0.3, 0.4) is 0 Å². The molecule has 0 heterocycles. The summed E-state index contributed by atoms with van der Waals surface area (Å²) in [6.45, 7) is 8.22. The molecule has 0 aliphatic heterocycles. The molecule has 0 N–H and O–H groups in total. The first kappa shape index (κ1) is 43.4. The predicted molar refractivity (Wildman–Crippen MR) is 101 cm³/mol. The average molecular weight is 492 g/mol. The molecule has 0 aromatic carbocycles. The van der Waals surface area contributed by atoms with Crippen molar-refractivity contribution in [3.63, 3.8) is 0 Å². The van der Waals surface area contributed by atoms with Crippen molar-refractivity contribution in [3.8, 4) is 0 Å². The van der Waals surface area contributed by atoms with Gasteiger partial charge in [0.15, 0.2) is 0 Å². The molecule has 0 amide bonds. The van der Waals surface area contributed by atoms with E-state index in [1.807, 2.05) is 0 Å². The molecule has 0 spiro atoms. The van der Waals surface area contributed by atoms with Gasteiger partial charge in [-0.2, -0.15) is 0 Å². The molecule has 0 rings (SSSR count). The molecule has 9 nitrogen and oxygen atoms in total. The van der Waals surface area contributed by atoms with Crippen LogP contribution in [0, 0.1) is 0 Å². The topological polar surface area (TPSA) is 208 Å². The van der Waals surface area contributed by atoms with Crippen LogP contribution in [0.5, 0.6) is 0 Å².